The zero-order valence-corrected chi connectivity index (χ0v) is 12.4. The third kappa shape index (κ3) is 3.53. The number of hydrogen-bond acceptors (Lipinski definition) is 5. The zero-order chi connectivity index (χ0) is 15.0. The molecule has 1 aliphatic rings. The quantitative estimate of drug-likeness (QED) is 0.582. The molecule has 0 aromatic carbocycles. The molecule has 1 saturated heterocycles. The molecule has 0 aromatic rings. The van der Waals surface area contributed by atoms with Crippen molar-refractivity contribution in [1.82, 2.24) is 10.2 Å². The number of nitrogens with one attached hydrogen (secondary N) is 1. The first kappa shape index (κ1) is 15.6. The minimum atomic E-state index is -0.926. The van der Waals surface area contributed by atoms with Gasteiger partial charge in [0.2, 0.25) is 11.8 Å². The molecule has 1 rings (SSSR count). The molecule has 19 heavy (non-hydrogen) atoms. The average Bonchev–Trinajstić information content (AvgIpc) is 2.20. The van der Waals surface area contributed by atoms with E-state index < -0.39 is 35.0 Å². The van der Waals surface area contributed by atoms with Crippen LogP contribution in [0.3, 0.4) is 0 Å². The van der Waals surface area contributed by atoms with Gasteiger partial charge in [0.25, 0.3) is 0 Å². The Morgan fingerprint density at radius 1 is 1.37 bits per heavy atom. The van der Waals surface area contributed by atoms with Crippen molar-refractivity contribution >= 4 is 17.8 Å². The molecule has 1 heterocycles. The van der Waals surface area contributed by atoms with E-state index in [-0.39, 0.29) is 6.54 Å². The predicted molar refractivity (Wildman–Crippen MR) is 69.2 cm³/mol. The molecule has 0 aromatic heterocycles. The van der Waals surface area contributed by atoms with Gasteiger partial charge in [-0.1, -0.05) is 0 Å². The van der Waals surface area contributed by atoms with Crippen LogP contribution >= 0.6 is 0 Å². The third-order valence-electron chi connectivity index (χ3n) is 3.06. The van der Waals surface area contributed by atoms with Gasteiger partial charge < -0.3 is 4.74 Å². The lowest BCUT2D eigenvalue weighted by atomic mass is 9.96. The number of carbonyl (C=O) groups excluding carboxylic acids is 3. The lowest BCUT2D eigenvalue weighted by Crippen LogP contribution is -2.67. The Hall–Kier alpha value is -1.43. The second-order valence-corrected chi connectivity index (χ2v) is 6.27. The Morgan fingerprint density at radius 2 is 1.89 bits per heavy atom. The fraction of sp³-hybridized carbons (Fsp3) is 0.769. The first-order valence-electron chi connectivity index (χ1n) is 6.29. The van der Waals surface area contributed by atoms with E-state index in [9.17, 15) is 14.4 Å². The van der Waals surface area contributed by atoms with Crippen molar-refractivity contribution in [1.29, 1.82) is 0 Å². The van der Waals surface area contributed by atoms with Crippen LogP contribution in [0.25, 0.3) is 0 Å². The van der Waals surface area contributed by atoms with Crippen LogP contribution in [-0.2, 0) is 19.1 Å². The zero-order valence-electron chi connectivity index (χ0n) is 12.4. The molecule has 2 amide bonds. The number of ether oxygens (including phenoxy) is 1. The average molecular weight is 270 g/mol. The molecule has 108 valence electrons. The third-order valence-corrected chi connectivity index (χ3v) is 3.06. The molecule has 6 nitrogen and oxygen atoms in total. The topological polar surface area (TPSA) is 75.7 Å². The molecular formula is C13H22N2O4. The minimum Gasteiger partial charge on any atom is -0.459 e. The van der Waals surface area contributed by atoms with Crippen LogP contribution < -0.4 is 5.32 Å². The van der Waals surface area contributed by atoms with Gasteiger partial charge in [0.15, 0.2) is 0 Å². The monoisotopic (exact) mass is 270 g/mol. The Kier molecular flexibility index (Phi) is 4.05. The highest BCUT2D eigenvalue weighted by molar-refractivity contribution is 6.03. The summed E-state index contributed by atoms with van der Waals surface area (Å²) in [6.07, 6.45) is 0. The van der Waals surface area contributed by atoms with Crippen molar-refractivity contribution < 1.29 is 19.1 Å². The van der Waals surface area contributed by atoms with E-state index >= 15 is 0 Å². The van der Waals surface area contributed by atoms with Gasteiger partial charge in [-0.3, -0.25) is 24.6 Å². The number of amides is 2. The summed E-state index contributed by atoms with van der Waals surface area (Å²) in [7, 11) is 0. The maximum Gasteiger partial charge on any atom is 0.323 e. The Morgan fingerprint density at radius 3 is 2.37 bits per heavy atom. The van der Waals surface area contributed by atoms with Gasteiger partial charge in [0.05, 0.1) is 12.1 Å². The Balaban J connectivity index is 2.90. The van der Waals surface area contributed by atoms with Crippen molar-refractivity contribution in [3.8, 4) is 0 Å². The van der Waals surface area contributed by atoms with Gasteiger partial charge >= 0.3 is 5.97 Å². The van der Waals surface area contributed by atoms with Gasteiger partial charge in [0, 0.05) is 0 Å². The largest absolute Gasteiger partial charge is 0.459 e. The normalized spacial score (nSPS) is 21.8. The van der Waals surface area contributed by atoms with Crippen molar-refractivity contribution in [2.24, 2.45) is 0 Å². The van der Waals surface area contributed by atoms with Gasteiger partial charge in [-0.2, -0.15) is 0 Å². The van der Waals surface area contributed by atoms with E-state index in [2.05, 4.69) is 5.32 Å². The van der Waals surface area contributed by atoms with E-state index in [1.54, 1.807) is 46.4 Å². The molecule has 0 saturated carbocycles. The van der Waals surface area contributed by atoms with E-state index in [4.69, 9.17) is 4.74 Å². The second-order valence-electron chi connectivity index (χ2n) is 6.27. The SMILES string of the molecule is CC(C(=O)OC(C)(C)C)N1CC(=O)NC(=O)C1(C)C. The Bertz CT molecular complexity index is 409. The lowest BCUT2D eigenvalue weighted by molar-refractivity contribution is -0.166. The molecule has 1 atom stereocenters. The molecule has 1 aliphatic heterocycles. The van der Waals surface area contributed by atoms with Crippen molar-refractivity contribution in [3.63, 3.8) is 0 Å². The fourth-order valence-corrected chi connectivity index (χ4v) is 1.94. The summed E-state index contributed by atoms with van der Waals surface area (Å²) in [5.41, 5.74) is -1.53. The summed E-state index contributed by atoms with van der Waals surface area (Å²) in [5, 5.41) is 2.27. The van der Waals surface area contributed by atoms with Crippen LogP contribution in [0.2, 0.25) is 0 Å². The van der Waals surface area contributed by atoms with Crippen LogP contribution in [0.4, 0.5) is 0 Å². The van der Waals surface area contributed by atoms with Crippen molar-refractivity contribution in [3.05, 3.63) is 0 Å². The number of nitrogens with zero attached hydrogens (tertiary/aromatic N) is 1. The maximum atomic E-state index is 12.1. The van der Waals surface area contributed by atoms with Crippen LogP contribution in [-0.4, -0.2) is 46.4 Å². The standard InChI is InChI=1S/C13H22N2O4/c1-8(10(17)19-12(2,3)4)15-7-9(16)14-11(18)13(15,5)6/h8H,7H2,1-6H3,(H,14,16,18). The van der Waals surface area contributed by atoms with E-state index in [1.165, 1.54) is 0 Å². The summed E-state index contributed by atoms with van der Waals surface area (Å²) in [6.45, 7) is 10.3. The maximum absolute atomic E-state index is 12.1. The first-order chi connectivity index (χ1) is 8.45. The lowest BCUT2D eigenvalue weighted by Gasteiger charge is -2.43. The molecule has 1 N–H and O–H groups in total. The number of hydrogen-bond donors (Lipinski definition) is 1. The summed E-state index contributed by atoms with van der Waals surface area (Å²) in [6, 6.07) is -0.663. The van der Waals surface area contributed by atoms with Crippen molar-refractivity contribution in [2.75, 3.05) is 6.54 Å². The molecule has 0 spiro atoms. The number of carbonyl (C=O) groups is 3. The highest BCUT2D eigenvalue weighted by Crippen LogP contribution is 2.22. The van der Waals surface area contributed by atoms with Gasteiger partial charge in [-0.05, 0) is 41.5 Å². The smallest absolute Gasteiger partial charge is 0.323 e. The van der Waals surface area contributed by atoms with Gasteiger partial charge in [0.1, 0.15) is 11.6 Å². The summed E-state index contributed by atoms with van der Waals surface area (Å²) in [5.74, 6) is -1.25. The fourth-order valence-electron chi connectivity index (χ4n) is 1.94. The highest BCUT2D eigenvalue weighted by Gasteiger charge is 2.45. The number of imide groups is 1. The van der Waals surface area contributed by atoms with Crippen molar-refractivity contribution in [2.45, 2.75) is 58.7 Å². The highest BCUT2D eigenvalue weighted by atomic mass is 16.6. The number of esters is 1. The number of rotatable bonds is 2. The molecule has 6 heteroatoms. The van der Waals surface area contributed by atoms with Gasteiger partial charge in [-0.25, -0.2) is 0 Å². The minimum absolute atomic E-state index is 0.000844. The van der Waals surface area contributed by atoms with E-state index in [0.717, 1.165) is 0 Å². The van der Waals surface area contributed by atoms with Crippen LogP contribution in [0, 0.1) is 0 Å². The molecule has 0 bridgehead atoms. The first-order valence-corrected chi connectivity index (χ1v) is 6.29. The van der Waals surface area contributed by atoms with E-state index in [0.29, 0.717) is 0 Å². The summed E-state index contributed by atoms with van der Waals surface area (Å²) >= 11 is 0. The van der Waals surface area contributed by atoms with Crippen LogP contribution in [0.1, 0.15) is 41.5 Å². The molecule has 0 radical (unpaired) electrons. The van der Waals surface area contributed by atoms with Gasteiger partial charge in [-0.15, -0.1) is 0 Å². The number of piperazine rings is 1. The molecule has 0 aliphatic carbocycles. The molecule has 1 unspecified atom stereocenters. The van der Waals surface area contributed by atoms with Crippen LogP contribution in [0.5, 0.6) is 0 Å². The van der Waals surface area contributed by atoms with Crippen LogP contribution in [0.15, 0.2) is 0 Å². The Labute approximate surface area is 113 Å². The molecular weight excluding hydrogens is 248 g/mol. The summed E-state index contributed by atoms with van der Waals surface area (Å²) < 4.78 is 5.29. The summed E-state index contributed by atoms with van der Waals surface area (Å²) in [4.78, 5) is 36.9. The second kappa shape index (κ2) is 4.92. The molecule has 1 fully saturated rings. The van der Waals surface area contributed by atoms with E-state index in [1.807, 2.05) is 0 Å². The predicted octanol–water partition coefficient (Wildman–Crippen LogP) is 0.454.